The minimum Gasteiger partial charge on any atom is -0.342 e. The highest BCUT2D eigenvalue weighted by Crippen LogP contribution is 2.19. The van der Waals surface area contributed by atoms with E-state index in [1.54, 1.807) is 0 Å². The molecule has 2 fully saturated rings. The fourth-order valence-electron chi connectivity index (χ4n) is 2.26. The van der Waals surface area contributed by atoms with Crippen molar-refractivity contribution in [3.8, 4) is 0 Å². The minimum absolute atomic E-state index is 0.269. The summed E-state index contributed by atoms with van der Waals surface area (Å²) in [6, 6.07) is 0. The van der Waals surface area contributed by atoms with Crippen LogP contribution in [0.15, 0.2) is 0 Å². The van der Waals surface area contributed by atoms with Gasteiger partial charge in [-0.05, 0) is 25.3 Å². The molecule has 2 unspecified atom stereocenters. The van der Waals surface area contributed by atoms with E-state index in [1.807, 2.05) is 4.90 Å². The van der Waals surface area contributed by atoms with Crippen LogP contribution in [-0.2, 0) is 4.79 Å². The van der Waals surface area contributed by atoms with Gasteiger partial charge >= 0.3 is 0 Å². The Balaban J connectivity index is 1.89. The highest BCUT2D eigenvalue weighted by Gasteiger charge is 2.30. The lowest BCUT2D eigenvalue weighted by Crippen LogP contribution is -2.35. The second-order valence-electron chi connectivity index (χ2n) is 4.37. The zero-order chi connectivity index (χ0) is 9.26. The molecule has 0 spiro atoms. The Morgan fingerprint density at radius 2 is 2.31 bits per heavy atom. The van der Waals surface area contributed by atoms with Gasteiger partial charge in [-0.25, -0.2) is 0 Å². The molecule has 2 heterocycles. The van der Waals surface area contributed by atoms with E-state index in [9.17, 15) is 4.79 Å². The van der Waals surface area contributed by atoms with Gasteiger partial charge < -0.3 is 10.2 Å². The summed E-state index contributed by atoms with van der Waals surface area (Å²) in [4.78, 5) is 13.9. The van der Waals surface area contributed by atoms with Crippen molar-refractivity contribution in [3.63, 3.8) is 0 Å². The molecule has 74 valence electrons. The molecular formula is C10H18N2O. The standard InChI is InChI=1S/C10H18N2O/c1-8-3-5-12(7-8)10(13)9-2-4-11-6-9/h8-9,11H,2-7H2,1H3. The summed E-state index contributed by atoms with van der Waals surface area (Å²) in [5.41, 5.74) is 0. The maximum Gasteiger partial charge on any atom is 0.227 e. The number of carbonyl (C=O) groups excluding carboxylic acids is 1. The molecule has 1 N–H and O–H groups in total. The van der Waals surface area contributed by atoms with Gasteiger partial charge in [0, 0.05) is 19.6 Å². The Morgan fingerprint density at radius 3 is 2.85 bits per heavy atom. The Morgan fingerprint density at radius 1 is 1.46 bits per heavy atom. The van der Waals surface area contributed by atoms with Crippen molar-refractivity contribution in [2.24, 2.45) is 11.8 Å². The maximum absolute atomic E-state index is 11.9. The van der Waals surface area contributed by atoms with E-state index in [0.717, 1.165) is 32.6 Å². The summed E-state index contributed by atoms with van der Waals surface area (Å²) in [6.45, 7) is 6.09. The molecular weight excluding hydrogens is 164 g/mol. The molecule has 0 saturated carbocycles. The molecule has 2 aliphatic heterocycles. The predicted molar refractivity (Wildman–Crippen MR) is 51.3 cm³/mol. The molecule has 0 radical (unpaired) electrons. The van der Waals surface area contributed by atoms with Crippen molar-refractivity contribution >= 4 is 5.91 Å². The quantitative estimate of drug-likeness (QED) is 0.639. The first-order valence-electron chi connectivity index (χ1n) is 5.27. The van der Waals surface area contributed by atoms with Crippen LogP contribution in [0.4, 0.5) is 0 Å². The molecule has 0 aliphatic carbocycles. The van der Waals surface area contributed by atoms with Crippen LogP contribution >= 0.6 is 0 Å². The summed E-state index contributed by atoms with van der Waals surface area (Å²) in [5.74, 6) is 1.36. The third-order valence-electron chi connectivity index (χ3n) is 3.15. The second kappa shape index (κ2) is 3.66. The first-order chi connectivity index (χ1) is 6.27. The summed E-state index contributed by atoms with van der Waals surface area (Å²) < 4.78 is 0. The van der Waals surface area contributed by atoms with Crippen LogP contribution in [0.25, 0.3) is 0 Å². The van der Waals surface area contributed by atoms with E-state index in [1.165, 1.54) is 6.42 Å². The molecule has 0 bridgehead atoms. The molecule has 2 aliphatic rings. The number of amides is 1. The predicted octanol–water partition coefficient (Wildman–Crippen LogP) is 0.464. The number of nitrogens with one attached hydrogen (secondary N) is 1. The lowest BCUT2D eigenvalue weighted by molar-refractivity contribution is -0.133. The van der Waals surface area contributed by atoms with E-state index in [-0.39, 0.29) is 5.92 Å². The fraction of sp³-hybridized carbons (Fsp3) is 0.900. The van der Waals surface area contributed by atoms with Gasteiger partial charge in [-0.2, -0.15) is 0 Å². The van der Waals surface area contributed by atoms with E-state index in [0.29, 0.717) is 11.8 Å². The van der Waals surface area contributed by atoms with Crippen molar-refractivity contribution < 1.29 is 4.79 Å². The lowest BCUT2D eigenvalue weighted by Gasteiger charge is -2.19. The molecule has 3 nitrogen and oxygen atoms in total. The van der Waals surface area contributed by atoms with Gasteiger partial charge in [-0.3, -0.25) is 4.79 Å². The van der Waals surface area contributed by atoms with Crippen molar-refractivity contribution in [1.29, 1.82) is 0 Å². The van der Waals surface area contributed by atoms with Crippen LogP contribution in [0.5, 0.6) is 0 Å². The van der Waals surface area contributed by atoms with Crippen molar-refractivity contribution in [2.75, 3.05) is 26.2 Å². The highest BCUT2D eigenvalue weighted by atomic mass is 16.2. The minimum atomic E-state index is 0.269. The van der Waals surface area contributed by atoms with Crippen LogP contribution < -0.4 is 5.32 Å². The van der Waals surface area contributed by atoms with E-state index in [2.05, 4.69) is 12.2 Å². The third-order valence-corrected chi connectivity index (χ3v) is 3.15. The molecule has 1 amide bonds. The Bertz CT molecular complexity index is 199. The highest BCUT2D eigenvalue weighted by molar-refractivity contribution is 5.79. The van der Waals surface area contributed by atoms with Crippen LogP contribution in [0.3, 0.4) is 0 Å². The van der Waals surface area contributed by atoms with E-state index < -0.39 is 0 Å². The number of carbonyl (C=O) groups is 1. The first kappa shape index (κ1) is 9.00. The van der Waals surface area contributed by atoms with Crippen molar-refractivity contribution in [3.05, 3.63) is 0 Å². The Hall–Kier alpha value is -0.570. The normalized spacial score (nSPS) is 34.1. The Labute approximate surface area is 79.5 Å². The summed E-state index contributed by atoms with van der Waals surface area (Å²) in [7, 11) is 0. The average Bonchev–Trinajstić information content (AvgIpc) is 2.72. The number of hydrogen-bond acceptors (Lipinski definition) is 2. The van der Waals surface area contributed by atoms with Gasteiger partial charge in [0.2, 0.25) is 5.91 Å². The van der Waals surface area contributed by atoms with Crippen LogP contribution in [0.2, 0.25) is 0 Å². The topological polar surface area (TPSA) is 32.3 Å². The van der Waals surface area contributed by atoms with E-state index >= 15 is 0 Å². The van der Waals surface area contributed by atoms with Crippen molar-refractivity contribution in [1.82, 2.24) is 10.2 Å². The summed E-state index contributed by atoms with van der Waals surface area (Å²) in [5, 5.41) is 3.24. The molecule has 0 aromatic rings. The fourth-order valence-corrected chi connectivity index (χ4v) is 2.26. The van der Waals surface area contributed by atoms with Gasteiger partial charge in [-0.15, -0.1) is 0 Å². The molecule has 2 rings (SSSR count). The van der Waals surface area contributed by atoms with Gasteiger partial charge in [0.25, 0.3) is 0 Å². The van der Waals surface area contributed by atoms with Crippen LogP contribution in [0.1, 0.15) is 19.8 Å². The number of rotatable bonds is 1. The molecule has 0 aromatic heterocycles. The second-order valence-corrected chi connectivity index (χ2v) is 4.37. The zero-order valence-electron chi connectivity index (χ0n) is 8.25. The van der Waals surface area contributed by atoms with Crippen LogP contribution in [-0.4, -0.2) is 37.0 Å². The molecule has 13 heavy (non-hydrogen) atoms. The van der Waals surface area contributed by atoms with E-state index in [4.69, 9.17) is 0 Å². The number of nitrogens with zero attached hydrogens (tertiary/aromatic N) is 1. The SMILES string of the molecule is CC1CCN(C(=O)C2CCNC2)C1. The first-order valence-corrected chi connectivity index (χ1v) is 5.27. The lowest BCUT2D eigenvalue weighted by atomic mass is 10.1. The zero-order valence-corrected chi connectivity index (χ0v) is 8.25. The molecule has 0 aromatic carbocycles. The summed E-state index contributed by atoms with van der Waals surface area (Å²) >= 11 is 0. The monoisotopic (exact) mass is 182 g/mol. The van der Waals surface area contributed by atoms with Crippen LogP contribution in [0, 0.1) is 11.8 Å². The van der Waals surface area contributed by atoms with Gasteiger partial charge in [0.05, 0.1) is 5.92 Å². The van der Waals surface area contributed by atoms with Gasteiger partial charge in [-0.1, -0.05) is 6.92 Å². The largest absolute Gasteiger partial charge is 0.342 e. The molecule has 3 heteroatoms. The number of likely N-dealkylation sites (tertiary alicyclic amines) is 1. The third kappa shape index (κ3) is 1.85. The molecule has 2 atom stereocenters. The van der Waals surface area contributed by atoms with Gasteiger partial charge in [0.15, 0.2) is 0 Å². The molecule has 2 saturated heterocycles. The Kier molecular flexibility index (Phi) is 2.54. The average molecular weight is 182 g/mol. The van der Waals surface area contributed by atoms with Crippen molar-refractivity contribution in [2.45, 2.75) is 19.8 Å². The van der Waals surface area contributed by atoms with Gasteiger partial charge in [0.1, 0.15) is 0 Å². The number of hydrogen-bond donors (Lipinski definition) is 1. The maximum atomic E-state index is 11.9. The smallest absolute Gasteiger partial charge is 0.227 e. The summed E-state index contributed by atoms with van der Waals surface area (Å²) in [6.07, 6.45) is 2.22.